The van der Waals surface area contributed by atoms with E-state index in [1.54, 1.807) is 13.2 Å². The van der Waals surface area contributed by atoms with Gasteiger partial charge < -0.3 is 19.7 Å². The molecular weight excluding hydrogens is 318 g/mol. The third kappa shape index (κ3) is 3.87. The van der Waals surface area contributed by atoms with Gasteiger partial charge in [-0.2, -0.15) is 0 Å². The number of benzene rings is 2. The predicted octanol–water partition coefficient (Wildman–Crippen LogP) is 3.52. The molecule has 0 amide bonds. The first-order chi connectivity index (χ1) is 12.2. The minimum atomic E-state index is -0.984. The average molecular weight is 337 g/mol. The van der Waals surface area contributed by atoms with Crippen LogP contribution in [0.25, 0.3) is 17.1 Å². The quantitative estimate of drug-likeness (QED) is 0.645. The number of methoxy groups -OCH3 is 1. The van der Waals surface area contributed by atoms with E-state index in [4.69, 9.17) is 9.84 Å². The highest BCUT2D eigenvalue weighted by atomic mass is 16.5. The van der Waals surface area contributed by atoms with Crippen LogP contribution in [0.5, 0.6) is 0 Å². The zero-order chi connectivity index (χ0) is 17.6. The van der Waals surface area contributed by atoms with Gasteiger partial charge in [-0.1, -0.05) is 30.3 Å². The van der Waals surface area contributed by atoms with Gasteiger partial charge in [0.1, 0.15) is 0 Å². The normalized spacial score (nSPS) is 11.2. The molecule has 0 radical (unpaired) electrons. The van der Waals surface area contributed by atoms with Crippen LogP contribution in [-0.4, -0.2) is 34.3 Å². The number of aromatic nitrogens is 2. The van der Waals surface area contributed by atoms with Gasteiger partial charge in [0.05, 0.1) is 17.6 Å². The average Bonchev–Trinajstić information content (AvgIpc) is 2.96. The Morgan fingerprint density at radius 1 is 1.24 bits per heavy atom. The number of rotatable bonds is 7. The van der Waals surface area contributed by atoms with Gasteiger partial charge >= 0.3 is 5.97 Å². The summed E-state index contributed by atoms with van der Waals surface area (Å²) in [5, 5.41) is 12.2. The number of carboxylic acids is 1. The smallest absolute Gasteiger partial charge is 0.328 e. The van der Waals surface area contributed by atoms with Crippen molar-refractivity contribution in [3.8, 4) is 0 Å². The van der Waals surface area contributed by atoms with Crippen molar-refractivity contribution in [1.82, 2.24) is 9.55 Å². The van der Waals surface area contributed by atoms with Crippen molar-refractivity contribution >= 4 is 34.7 Å². The second kappa shape index (κ2) is 7.63. The number of para-hydroxylation sites is 3. The van der Waals surface area contributed by atoms with E-state index in [0.29, 0.717) is 19.1 Å². The molecular formula is C19H19N3O3. The molecule has 25 heavy (non-hydrogen) atoms. The summed E-state index contributed by atoms with van der Waals surface area (Å²) in [5.41, 5.74) is 3.46. The highest BCUT2D eigenvalue weighted by Gasteiger charge is 2.11. The monoisotopic (exact) mass is 337 g/mol. The molecule has 0 unspecified atom stereocenters. The van der Waals surface area contributed by atoms with Gasteiger partial charge in [0.15, 0.2) is 0 Å². The number of carboxylic acid groups (broad SMARTS) is 1. The molecule has 1 heterocycles. The standard InChI is InChI=1S/C19H19N3O3/c1-25-13-12-22-17-9-5-4-8-16(17)21-19(22)20-15-7-3-2-6-14(15)10-11-18(23)24/h2-11H,12-13H2,1H3,(H,20,21)(H,23,24)/b11-10+. The Hall–Kier alpha value is -3.12. The molecule has 0 aliphatic carbocycles. The summed E-state index contributed by atoms with van der Waals surface area (Å²) in [6.07, 6.45) is 2.68. The molecule has 3 rings (SSSR count). The number of hydrogen-bond donors (Lipinski definition) is 2. The lowest BCUT2D eigenvalue weighted by Gasteiger charge is -2.12. The Morgan fingerprint density at radius 2 is 2.00 bits per heavy atom. The van der Waals surface area contributed by atoms with Crippen molar-refractivity contribution in [2.24, 2.45) is 0 Å². The van der Waals surface area contributed by atoms with Crippen molar-refractivity contribution in [3.63, 3.8) is 0 Å². The molecule has 1 aromatic heterocycles. The number of ether oxygens (including phenoxy) is 1. The summed E-state index contributed by atoms with van der Waals surface area (Å²) >= 11 is 0. The van der Waals surface area contributed by atoms with E-state index in [1.807, 2.05) is 48.5 Å². The van der Waals surface area contributed by atoms with E-state index in [9.17, 15) is 4.79 Å². The van der Waals surface area contributed by atoms with Crippen LogP contribution in [0.3, 0.4) is 0 Å². The van der Waals surface area contributed by atoms with Crippen LogP contribution in [-0.2, 0) is 16.1 Å². The minimum Gasteiger partial charge on any atom is -0.478 e. The first-order valence-electron chi connectivity index (χ1n) is 7.90. The predicted molar refractivity (Wildman–Crippen MR) is 98.0 cm³/mol. The van der Waals surface area contributed by atoms with E-state index in [0.717, 1.165) is 28.4 Å². The summed E-state index contributed by atoms with van der Waals surface area (Å²) in [5.74, 6) is -0.295. The molecule has 128 valence electrons. The van der Waals surface area contributed by atoms with Crippen LogP contribution in [0.2, 0.25) is 0 Å². The zero-order valence-corrected chi connectivity index (χ0v) is 13.8. The molecule has 0 fully saturated rings. The second-order valence-corrected chi connectivity index (χ2v) is 5.45. The highest BCUT2D eigenvalue weighted by Crippen LogP contribution is 2.25. The first-order valence-corrected chi connectivity index (χ1v) is 7.90. The molecule has 0 aliphatic rings. The third-order valence-electron chi connectivity index (χ3n) is 3.79. The Bertz CT molecular complexity index is 915. The molecule has 0 saturated heterocycles. The number of carbonyl (C=O) groups is 1. The van der Waals surface area contributed by atoms with Crippen molar-refractivity contribution in [2.45, 2.75) is 6.54 Å². The van der Waals surface area contributed by atoms with E-state index >= 15 is 0 Å². The molecule has 6 heteroatoms. The van der Waals surface area contributed by atoms with Crippen LogP contribution in [0.4, 0.5) is 11.6 Å². The van der Waals surface area contributed by atoms with E-state index in [2.05, 4.69) is 14.9 Å². The molecule has 0 atom stereocenters. The van der Waals surface area contributed by atoms with E-state index < -0.39 is 5.97 Å². The Balaban J connectivity index is 1.99. The second-order valence-electron chi connectivity index (χ2n) is 5.45. The fourth-order valence-electron chi connectivity index (χ4n) is 2.62. The molecule has 3 aromatic rings. The first kappa shape index (κ1) is 16.7. The summed E-state index contributed by atoms with van der Waals surface area (Å²) in [7, 11) is 1.66. The largest absolute Gasteiger partial charge is 0.478 e. The highest BCUT2D eigenvalue weighted by molar-refractivity contribution is 5.87. The van der Waals surface area contributed by atoms with Crippen LogP contribution in [0.1, 0.15) is 5.56 Å². The number of imidazole rings is 1. The number of hydrogen-bond acceptors (Lipinski definition) is 4. The maximum atomic E-state index is 10.8. The lowest BCUT2D eigenvalue weighted by molar-refractivity contribution is -0.131. The van der Waals surface area contributed by atoms with Crippen LogP contribution in [0.15, 0.2) is 54.6 Å². The van der Waals surface area contributed by atoms with Crippen LogP contribution in [0, 0.1) is 0 Å². The van der Waals surface area contributed by atoms with Crippen molar-refractivity contribution in [1.29, 1.82) is 0 Å². The summed E-state index contributed by atoms with van der Waals surface area (Å²) in [4.78, 5) is 15.4. The van der Waals surface area contributed by atoms with Gasteiger partial charge in [-0.05, 0) is 29.8 Å². The number of fused-ring (bicyclic) bond motifs is 1. The van der Waals surface area contributed by atoms with Gasteiger partial charge in [0.25, 0.3) is 0 Å². The van der Waals surface area contributed by atoms with Crippen molar-refractivity contribution in [2.75, 3.05) is 19.0 Å². The Morgan fingerprint density at radius 3 is 2.80 bits per heavy atom. The van der Waals surface area contributed by atoms with Crippen LogP contribution < -0.4 is 5.32 Å². The molecule has 0 saturated carbocycles. The summed E-state index contributed by atoms with van der Waals surface area (Å²) < 4.78 is 7.26. The molecule has 0 spiro atoms. The SMILES string of the molecule is COCCn1c(Nc2ccccc2/C=C/C(=O)O)nc2ccccc21. The number of anilines is 2. The number of nitrogens with one attached hydrogen (secondary N) is 1. The fourth-order valence-corrected chi connectivity index (χ4v) is 2.62. The lowest BCUT2D eigenvalue weighted by Crippen LogP contribution is -2.08. The lowest BCUT2D eigenvalue weighted by atomic mass is 10.1. The zero-order valence-electron chi connectivity index (χ0n) is 13.8. The molecule has 2 N–H and O–H groups in total. The van der Waals surface area contributed by atoms with Crippen molar-refractivity contribution < 1.29 is 14.6 Å². The van der Waals surface area contributed by atoms with E-state index in [-0.39, 0.29) is 0 Å². The van der Waals surface area contributed by atoms with Gasteiger partial charge in [0, 0.05) is 25.4 Å². The molecule has 0 aliphatic heterocycles. The molecule has 6 nitrogen and oxygen atoms in total. The van der Waals surface area contributed by atoms with Gasteiger partial charge in [-0.25, -0.2) is 9.78 Å². The topological polar surface area (TPSA) is 76.4 Å². The van der Waals surface area contributed by atoms with Gasteiger partial charge in [-0.15, -0.1) is 0 Å². The number of nitrogens with zero attached hydrogens (tertiary/aromatic N) is 2. The third-order valence-corrected chi connectivity index (χ3v) is 3.79. The molecule has 0 bridgehead atoms. The van der Waals surface area contributed by atoms with Crippen LogP contribution >= 0.6 is 0 Å². The summed E-state index contributed by atoms with van der Waals surface area (Å²) in [6, 6.07) is 15.4. The van der Waals surface area contributed by atoms with Gasteiger partial charge in [0.2, 0.25) is 5.95 Å². The van der Waals surface area contributed by atoms with Crippen molar-refractivity contribution in [3.05, 3.63) is 60.2 Å². The Labute approximate surface area is 145 Å². The maximum absolute atomic E-state index is 10.8. The molecule has 2 aromatic carbocycles. The van der Waals surface area contributed by atoms with E-state index in [1.165, 1.54) is 0 Å². The maximum Gasteiger partial charge on any atom is 0.328 e. The Kier molecular flexibility index (Phi) is 5.11. The van der Waals surface area contributed by atoms with Gasteiger partial charge in [-0.3, -0.25) is 0 Å². The minimum absolute atomic E-state index is 0.565. The number of aliphatic carboxylic acids is 1. The summed E-state index contributed by atoms with van der Waals surface area (Å²) in [6.45, 7) is 1.22. The fraction of sp³-hybridized carbons (Fsp3) is 0.158.